The predicted octanol–water partition coefficient (Wildman–Crippen LogP) is 6.37. The van der Waals surface area contributed by atoms with E-state index in [1.54, 1.807) is 12.1 Å². The number of pyridine rings is 1. The normalized spacial score (nSPS) is 11.1. The number of hydrogen-bond donors (Lipinski definition) is 2. The minimum absolute atomic E-state index is 0.287. The van der Waals surface area contributed by atoms with Gasteiger partial charge in [-0.25, -0.2) is 9.78 Å². The summed E-state index contributed by atoms with van der Waals surface area (Å²) in [4.78, 5) is 15.6. The maximum Gasteiger partial charge on any atom is 0.335 e. The number of nitrogens with one attached hydrogen (secondary N) is 1. The van der Waals surface area contributed by atoms with Crippen LogP contribution in [-0.2, 0) is 6.54 Å². The summed E-state index contributed by atoms with van der Waals surface area (Å²) >= 11 is 6.07. The van der Waals surface area contributed by atoms with Crippen LogP contribution in [0.2, 0.25) is 5.02 Å². The van der Waals surface area contributed by atoms with Crippen LogP contribution >= 0.6 is 11.6 Å². The van der Waals surface area contributed by atoms with Gasteiger partial charge in [0.05, 0.1) is 16.8 Å². The van der Waals surface area contributed by atoms with Crippen LogP contribution in [-0.4, -0.2) is 16.1 Å². The Labute approximate surface area is 179 Å². The summed E-state index contributed by atoms with van der Waals surface area (Å²) in [5, 5.41) is 14.1. The molecule has 1 heterocycles. The Kier molecular flexibility index (Phi) is 5.77. The molecule has 0 saturated carbocycles. The van der Waals surface area contributed by atoms with Gasteiger partial charge in [-0.05, 0) is 59.7 Å². The molecule has 0 fully saturated rings. The fourth-order valence-electron chi connectivity index (χ4n) is 3.10. The van der Waals surface area contributed by atoms with Gasteiger partial charge in [0.2, 0.25) is 0 Å². The van der Waals surface area contributed by atoms with Gasteiger partial charge in [-0.1, -0.05) is 54.1 Å². The Morgan fingerprint density at radius 3 is 2.57 bits per heavy atom. The molecule has 0 spiro atoms. The third kappa shape index (κ3) is 4.85. The number of carbonyl (C=O) groups is 1. The van der Waals surface area contributed by atoms with Crippen molar-refractivity contribution >= 4 is 46.3 Å². The highest BCUT2D eigenvalue weighted by Crippen LogP contribution is 2.19. The first kappa shape index (κ1) is 19.7. The second kappa shape index (κ2) is 8.80. The van der Waals surface area contributed by atoms with E-state index in [1.807, 2.05) is 72.8 Å². The first-order valence-corrected chi connectivity index (χ1v) is 9.85. The number of rotatable bonds is 6. The number of halogens is 1. The molecule has 0 aliphatic rings. The Hall–Kier alpha value is -3.63. The lowest BCUT2D eigenvalue weighted by molar-refractivity contribution is 0.0697. The molecule has 5 heteroatoms. The van der Waals surface area contributed by atoms with Crippen LogP contribution in [0.1, 0.15) is 27.2 Å². The van der Waals surface area contributed by atoms with E-state index in [1.165, 1.54) is 0 Å². The molecule has 0 amide bonds. The average Bonchev–Trinajstić information content (AvgIpc) is 2.76. The van der Waals surface area contributed by atoms with Crippen molar-refractivity contribution in [2.45, 2.75) is 6.54 Å². The van der Waals surface area contributed by atoms with Crippen LogP contribution in [0.25, 0.3) is 23.1 Å². The van der Waals surface area contributed by atoms with Gasteiger partial charge in [-0.2, -0.15) is 0 Å². The van der Waals surface area contributed by atoms with E-state index in [-0.39, 0.29) is 5.56 Å². The molecule has 3 aromatic carbocycles. The van der Waals surface area contributed by atoms with Crippen molar-refractivity contribution in [1.82, 2.24) is 4.98 Å². The third-order valence-electron chi connectivity index (χ3n) is 4.71. The number of benzene rings is 3. The summed E-state index contributed by atoms with van der Waals surface area (Å²) in [6.45, 7) is 0.611. The van der Waals surface area contributed by atoms with Crippen LogP contribution < -0.4 is 5.32 Å². The van der Waals surface area contributed by atoms with Gasteiger partial charge in [0.15, 0.2) is 0 Å². The van der Waals surface area contributed by atoms with Crippen LogP contribution in [0, 0.1) is 0 Å². The number of carboxylic acids is 1. The summed E-state index contributed by atoms with van der Waals surface area (Å²) in [6.07, 6.45) is 4.00. The minimum Gasteiger partial charge on any atom is -0.478 e. The molecule has 1 aromatic heterocycles. The first-order chi connectivity index (χ1) is 14.6. The second-order valence-electron chi connectivity index (χ2n) is 6.89. The zero-order valence-corrected chi connectivity index (χ0v) is 16.8. The van der Waals surface area contributed by atoms with Crippen molar-refractivity contribution in [3.05, 3.63) is 106 Å². The van der Waals surface area contributed by atoms with E-state index in [9.17, 15) is 4.79 Å². The number of fused-ring (bicyclic) bond motifs is 1. The maximum atomic E-state index is 10.9. The highest BCUT2D eigenvalue weighted by atomic mass is 35.5. The molecular formula is C25H19ClN2O2. The molecule has 0 aliphatic heterocycles. The second-order valence-corrected chi connectivity index (χ2v) is 7.32. The van der Waals surface area contributed by atoms with E-state index in [2.05, 4.69) is 16.4 Å². The highest BCUT2D eigenvalue weighted by Gasteiger charge is 2.02. The van der Waals surface area contributed by atoms with Gasteiger partial charge in [-0.3, -0.25) is 0 Å². The molecule has 148 valence electrons. The van der Waals surface area contributed by atoms with Crippen molar-refractivity contribution < 1.29 is 9.90 Å². The van der Waals surface area contributed by atoms with Gasteiger partial charge in [0, 0.05) is 22.6 Å². The molecular weight excluding hydrogens is 396 g/mol. The van der Waals surface area contributed by atoms with Crippen molar-refractivity contribution in [2.24, 2.45) is 0 Å². The molecule has 4 rings (SSSR count). The summed E-state index contributed by atoms with van der Waals surface area (Å²) in [5.41, 5.74) is 5.07. The molecule has 0 aliphatic carbocycles. The van der Waals surface area contributed by atoms with Gasteiger partial charge in [0.1, 0.15) is 0 Å². The largest absolute Gasteiger partial charge is 0.478 e. The standard InChI is InChI=1S/C25H19ClN2O2/c26-21-11-9-19-10-13-22(28-24(19)15-21)12-6-17-2-1-3-23(14-17)27-16-18-4-7-20(8-5-18)25(29)30/h1-15,27H,16H2,(H,29,30)/b12-6+. The number of aromatic nitrogens is 1. The van der Waals surface area contributed by atoms with Crippen LogP contribution in [0.15, 0.2) is 78.9 Å². The molecule has 0 radical (unpaired) electrons. The van der Waals surface area contributed by atoms with Gasteiger partial charge < -0.3 is 10.4 Å². The molecule has 2 N–H and O–H groups in total. The van der Waals surface area contributed by atoms with Crippen molar-refractivity contribution in [3.63, 3.8) is 0 Å². The van der Waals surface area contributed by atoms with Crippen molar-refractivity contribution in [1.29, 1.82) is 0 Å². The Morgan fingerprint density at radius 2 is 1.77 bits per heavy atom. The summed E-state index contributed by atoms with van der Waals surface area (Å²) < 4.78 is 0. The molecule has 4 nitrogen and oxygen atoms in total. The first-order valence-electron chi connectivity index (χ1n) is 9.47. The SMILES string of the molecule is O=C(O)c1ccc(CNc2cccc(/C=C/c3ccc4ccc(Cl)cc4n3)c2)cc1. The predicted molar refractivity (Wildman–Crippen MR) is 123 cm³/mol. The highest BCUT2D eigenvalue weighted by molar-refractivity contribution is 6.31. The van der Waals surface area contributed by atoms with Gasteiger partial charge >= 0.3 is 5.97 Å². The lowest BCUT2D eigenvalue weighted by Gasteiger charge is -2.08. The summed E-state index contributed by atoms with van der Waals surface area (Å²) in [5.74, 6) is -0.919. The molecule has 0 bridgehead atoms. The zero-order valence-electron chi connectivity index (χ0n) is 16.0. The van der Waals surface area contributed by atoms with E-state index < -0.39 is 5.97 Å². The zero-order chi connectivity index (χ0) is 20.9. The third-order valence-corrected chi connectivity index (χ3v) is 4.94. The molecule has 0 unspecified atom stereocenters. The molecule has 30 heavy (non-hydrogen) atoms. The van der Waals surface area contributed by atoms with Crippen LogP contribution in [0.3, 0.4) is 0 Å². The van der Waals surface area contributed by atoms with Gasteiger partial charge in [0.25, 0.3) is 0 Å². The minimum atomic E-state index is -0.919. The maximum absolute atomic E-state index is 10.9. The van der Waals surface area contributed by atoms with E-state index in [4.69, 9.17) is 16.7 Å². The Bertz CT molecular complexity index is 1230. The monoisotopic (exact) mass is 414 g/mol. The Balaban J connectivity index is 1.44. The smallest absolute Gasteiger partial charge is 0.335 e. The van der Waals surface area contributed by atoms with Crippen LogP contribution in [0.5, 0.6) is 0 Å². The van der Waals surface area contributed by atoms with Crippen LogP contribution in [0.4, 0.5) is 5.69 Å². The Morgan fingerprint density at radius 1 is 0.967 bits per heavy atom. The van der Waals surface area contributed by atoms with E-state index >= 15 is 0 Å². The topological polar surface area (TPSA) is 62.2 Å². The number of anilines is 1. The van der Waals surface area contributed by atoms with E-state index in [0.29, 0.717) is 11.6 Å². The van der Waals surface area contributed by atoms with Crippen molar-refractivity contribution in [2.75, 3.05) is 5.32 Å². The molecule has 0 atom stereocenters. The lowest BCUT2D eigenvalue weighted by atomic mass is 10.1. The molecule has 4 aromatic rings. The fourth-order valence-corrected chi connectivity index (χ4v) is 3.27. The fraction of sp³-hybridized carbons (Fsp3) is 0.0400. The summed E-state index contributed by atoms with van der Waals surface area (Å²) in [7, 11) is 0. The quantitative estimate of drug-likeness (QED) is 0.385. The van der Waals surface area contributed by atoms with Crippen molar-refractivity contribution in [3.8, 4) is 0 Å². The number of aromatic carboxylic acids is 1. The summed E-state index contributed by atoms with van der Waals surface area (Å²) in [6, 6.07) is 24.6. The number of carboxylic acid groups (broad SMARTS) is 1. The number of nitrogens with zero attached hydrogens (tertiary/aromatic N) is 1. The lowest BCUT2D eigenvalue weighted by Crippen LogP contribution is -2.01. The molecule has 0 saturated heterocycles. The van der Waals surface area contributed by atoms with Gasteiger partial charge in [-0.15, -0.1) is 0 Å². The van der Waals surface area contributed by atoms with E-state index in [0.717, 1.165) is 33.4 Å². The number of hydrogen-bond acceptors (Lipinski definition) is 3. The average molecular weight is 415 g/mol.